The van der Waals surface area contributed by atoms with Crippen LogP contribution in [0.3, 0.4) is 0 Å². The third-order valence-electron chi connectivity index (χ3n) is 3.82. The number of ether oxygens (including phenoxy) is 3. The van der Waals surface area contributed by atoms with E-state index in [1.807, 2.05) is 36.4 Å². The van der Waals surface area contributed by atoms with Gasteiger partial charge in [-0.15, -0.1) is 11.6 Å². The minimum absolute atomic E-state index is 0.140. The summed E-state index contributed by atoms with van der Waals surface area (Å²) in [4.78, 5) is 0. The van der Waals surface area contributed by atoms with Crippen molar-refractivity contribution in [1.82, 2.24) is 0 Å². The number of benzene rings is 2. The van der Waals surface area contributed by atoms with Crippen LogP contribution in [0.4, 0.5) is 0 Å². The number of fused-ring (bicyclic) bond motifs is 1. The van der Waals surface area contributed by atoms with Crippen LogP contribution in [0.15, 0.2) is 42.5 Å². The van der Waals surface area contributed by atoms with Gasteiger partial charge in [0.15, 0.2) is 11.5 Å². The van der Waals surface area contributed by atoms with Gasteiger partial charge < -0.3 is 14.2 Å². The first-order chi connectivity index (χ1) is 10.2. The Morgan fingerprint density at radius 2 is 1.86 bits per heavy atom. The Kier molecular flexibility index (Phi) is 3.93. The Hall–Kier alpha value is -1.87. The Balaban J connectivity index is 1.91. The standard InChI is InChI=1S/C17H17ClO3/c1-19-15-8-7-11(9-16(15)20-2)17(18)13-10-21-14-6-4-3-5-12(13)14/h3-9,13,17H,10H2,1-2H3. The van der Waals surface area contributed by atoms with Gasteiger partial charge in [0.2, 0.25) is 0 Å². The van der Waals surface area contributed by atoms with E-state index in [1.165, 1.54) is 0 Å². The van der Waals surface area contributed by atoms with Gasteiger partial charge in [-0.1, -0.05) is 24.3 Å². The quantitative estimate of drug-likeness (QED) is 0.794. The minimum Gasteiger partial charge on any atom is -0.493 e. The van der Waals surface area contributed by atoms with Crippen LogP contribution in [-0.2, 0) is 0 Å². The van der Waals surface area contributed by atoms with E-state index >= 15 is 0 Å². The van der Waals surface area contributed by atoms with Gasteiger partial charge in [0.1, 0.15) is 5.75 Å². The number of methoxy groups -OCH3 is 2. The SMILES string of the molecule is COc1ccc(C(Cl)C2COc3ccccc32)cc1OC. The van der Waals surface area contributed by atoms with Crippen molar-refractivity contribution in [1.29, 1.82) is 0 Å². The van der Waals surface area contributed by atoms with E-state index in [0.29, 0.717) is 18.1 Å². The summed E-state index contributed by atoms with van der Waals surface area (Å²) in [5.74, 6) is 2.45. The smallest absolute Gasteiger partial charge is 0.161 e. The molecule has 0 spiro atoms. The van der Waals surface area contributed by atoms with Crippen molar-refractivity contribution in [3.05, 3.63) is 53.6 Å². The third kappa shape index (κ3) is 2.54. The molecule has 2 aromatic carbocycles. The first kappa shape index (κ1) is 14.1. The molecule has 1 aliphatic rings. The Morgan fingerprint density at radius 1 is 1.10 bits per heavy atom. The van der Waals surface area contributed by atoms with Crippen molar-refractivity contribution in [2.75, 3.05) is 20.8 Å². The first-order valence-electron chi connectivity index (χ1n) is 6.82. The van der Waals surface area contributed by atoms with E-state index in [-0.39, 0.29) is 11.3 Å². The zero-order valence-corrected chi connectivity index (χ0v) is 12.8. The van der Waals surface area contributed by atoms with E-state index in [4.69, 9.17) is 25.8 Å². The van der Waals surface area contributed by atoms with Crippen molar-refractivity contribution in [2.24, 2.45) is 0 Å². The second-order valence-electron chi connectivity index (χ2n) is 4.97. The summed E-state index contributed by atoms with van der Waals surface area (Å²) >= 11 is 6.69. The summed E-state index contributed by atoms with van der Waals surface area (Å²) in [6.07, 6.45) is 0. The molecule has 0 amide bonds. The molecule has 0 radical (unpaired) electrons. The fourth-order valence-electron chi connectivity index (χ4n) is 2.69. The normalized spacial score (nSPS) is 17.8. The van der Waals surface area contributed by atoms with E-state index < -0.39 is 0 Å². The van der Waals surface area contributed by atoms with Crippen LogP contribution >= 0.6 is 11.6 Å². The molecular weight excluding hydrogens is 288 g/mol. The van der Waals surface area contributed by atoms with Crippen molar-refractivity contribution >= 4 is 11.6 Å². The molecule has 0 saturated carbocycles. The molecule has 0 N–H and O–H groups in total. The van der Waals surface area contributed by atoms with Crippen molar-refractivity contribution in [3.8, 4) is 17.2 Å². The summed E-state index contributed by atoms with van der Waals surface area (Å²) in [7, 11) is 3.25. The molecule has 2 atom stereocenters. The van der Waals surface area contributed by atoms with Crippen molar-refractivity contribution < 1.29 is 14.2 Å². The summed E-state index contributed by atoms with van der Waals surface area (Å²) in [5, 5.41) is -0.173. The third-order valence-corrected chi connectivity index (χ3v) is 4.37. The molecule has 3 rings (SSSR count). The van der Waals surface area contributed by atoms with E-state index in [9.17, 15) is 0 Å². The average molecular weight is 305 g/mol. The fraction of sp³-hybridized carbons (Fsp3) is 0.294. The molecule has 3 nitrogen and oxygen atoms in total. The number of rotatable bonds is 4. The summed E-state index contributed by atoms with van der Waals surface area (Å²) in [6.45, 7) is 0.599. The molecule has 1 heterocycles. The zero-order chi connectivity index (χ0) is 14.8. The molecule has 0 saturated heterocycles. The maximum atomic E-state index is 6.69. The number of halogens is 1. The average Bonchev–Trinajstić information content (AvgIpc) is 2.97. The summed E-state index contributed by atoms with van der Waals surface area (Å²) in [5.41, 5.74) is 2.16. The fourth-order valence-corrected chi connectivity index (χ4v) is 3.03. The van der Waals surface area contributed by atoms with Gasteiger partial charge in [-0.3, -0.25) is 0 Å². The first-order valence-corrected chi connectivity index (χ1v) is 7.26. The number of hydrogen-bond acceptors (Lipinski definition) is 3. The monoisotopic (exact) mass is 304 g/mol. The van der Waals surface area contributed by atoms with Crippen molar-refractivity contribution in [3.63, 3.8) is 0 Å². The maximum Gasteiger partial charge on any atom is 0.161 e. The second kappa shape index (κ2) is 5.86. The predicted octanol–water partition coefficient (Wildman–Crippen LogP) is 4.16. The molecule has 0 aliphatic carbocycles. The van der Waals surface area contributed by atoms with E-state index in [1.54, 1.807) is 14.2 Å². The van der Waals surface area contributed by atoms with Crippen LogP contribution in [0.5, 0.6) is 17.2 Å². The lowest BCUT2D eigenvalue weighted by Gasteiger charge is -2.18. The molecule has 4 heteroatoms. The van der Waals surface area contributed by atoms with Crippen LogP contribution in [0.2, 0.25) is 0 Å². The number of para-hydroxylation sites is 1. The number of alkyl halides is 1. The summed E-state index contributed by atoms with van der Waals surface area (Å²) < 4.78 is 16.3. The van der Waals surface area contributed by atoms with Gasteiger partial charge in [-0.25, -0.2) is 0 Å². The molecule has 0 bridgehead atoms. The van der Waals surface area contributed by atoms with Crippen LogP contribution in [0.1, 0.15) is 22.4 Å². The van der Waals surface area contributed by atoms with Crippen LogP contribution < -0.4 is 14.2 Å². The highest BCUT2D eigenvalue weighted by Crippen LogP contribution is 2.45. The van der Waals surface area contributed by atoms with Gasteiger partial charge in [-0.2, -0.15) is 0 Å². The number of hydrogen-bond donors (Lipinski definition) is 0. The Morgan fingerprint density at radius 3 is 2.62 bits per heavy atom. The molecular formula is C17H17ClO3. The predicted molar refractivity (Wildman–Crippen MR) is 82.8 cm³/mol. The van der Waals surface area contributed by atoms with E-state index in [0.717, 1.165) is 16.9 Å². The highest BCUT2D eigenvalue weighted by atomic mass is 35.5. The minimum atomic E-state index is -0.173. The van der Waals surface area contributed by atoms with E-state index in [2.05, 4.69) is 6.07 Å². The summed E-state index contributed by atoms with van der Waals surface area (Å²) in [6, 6.07) is 13.8. The molecule has 110 valence electrons. The highest BCUT2D eigenvalue weighted by molar-refractivity contribution is 6.21. The molecule has 1 aliphatic heterocycles. The van der Waals surface area contributed by atoms with Gasteiger partial charge in [0, 0.05) is 11.5 Å². The Bertz CT molecular complexity index is 642. The molecule has 0 fully saturated rings. The lowest BCUT2D eigenvalue weighted by molar-refractivity contribution is 0.327. The molecule has 2 aromatic rings. The van der Waals surface area contributed by atoms with Gasteiger partial charge >= 0.3 is 0 Å². The van der Waals surface area contributed by atoms with Crippen molar-refractivity contribution in [2.45, 2.75) is 11.3 Å². The highest BCUT2D eigenvalue weighted by Gasteiger charge is 2.31. The lowest BCUT2D eigenvalue weighted by Crippen LogP contribution is -2.08. The van der Waals surface area contributed by atoms with Gasteiger partial charge in [0.25, 0.3) is 0 Å². The largest absolute Gasteiger partial charge is 0.493 e. The van der Waals surface area contributed by atoms with Crippen LogP contribution in [0, 0.1) is 0 Å². The molecule has 0 aromatic heterocycles. The Labute approximate surface area is 129 Å². The zero-order valence-electron chi connectivity index (χ0n) is 12.0. The van der Waals surface area contributed by atoms with Gasteiger partial charge in [0.05, 0.1) is 26.2 Å². The molecule has 21 heavy (non-hydrogen) atoms. The second-order valence-corrected chi connectivity index (χ2v) is 5.44. The maximum absolute atomic E-state index is 6.69. The topological polar surface area (TPSA) is 27.7 Å². The van der Waals surface area contributed by atoms with Crippen LogP contribution in [-0.4, -0.2) is 20.8 Å². The molecule has 2 unspecified atom stereocenters. The van der Waals surface area contributed by atoms with Gasteiger partial charge in [-0.05, 0) is 23.8 Å². The van der Waals surface area contributed by atoms with Crippen LogP contribution in [0.25, 0.3) is 0 Å². The lowest BCUT2D eigenvalue weighted by atomic mass is 9.93.